The van der Waals surface area contributed by atoms with Crippen molar-refractivity contribution < 1.29 is 19.2 Å². The van der Waals surface area contributed by atoms with Gasteiger partial charge in [0.15, 0.2) is 6.10 Å². The Balaban J connectivity index is 1.44. The fourth-order valence-electron chi connectivity index (χ4n) is 3.27. The van der Waals surface area contributed by atoms with Gasteiger partial charge in [0.2, 0.25) is 0 Å². The van der Waals surface area contributed by atoms with Gasteiger partial charge in [0.05, 0.1) is 24.5 Å². The zero-order valence-corrected chi connectivity index (χ0v) is 15.3. The SMILES string of the molecule is O=C(Nc1ccccc1C(=O)N1CCOCC1)C1=NOC(c2ccccc2)C1. The van der Waals surface area contributed by atoms with Crippen LogP contribution in [0.4, 0.5) is 5.69 Å². The van der Waals surface area contributed by atoms with Crippen LogP contribution in [0, 0.1) is 0 Å². The Labute approximate surface area is 162 Å². The molecule has 0 aromatic heterocycles. The lowest BCUT2D eigenvalue weighted by atomic mass is 10.0. The lowest BCUT2D eigenvalue weighted by Crippen LogP contribution is -2.41. The summed E-state index contributed by atoms with van der Waals surface area (Å²) in [4.78, 5) is 32.7. The van der Waals surface area contributed by atoms with Gasteiger partial charge in [0.25, 0.3) is 11.8 Å². The molecule has 0 saturated carbocycles. The second-order valence-electron chi connectivity index (χ2n) is 6.65. The highest BCUT2D eigenvalue weighted by atomic mass is 16.6. The van der Waals surface area contributed by atoms with E-state index in [1.165, 1.54) is 0 Å². The number of carbonyl (C=O) groups is 2. The lowest BCUT2D eigenvalue weighted by molar-refractivity contribution is -0.110. The molecule has 28 heavy (non-hydrogen) atoms. The van der Waals surface area contributed by atoms with Crippen LogP contribution in [-0.2, 0) is 14.4 Å². The molecule has 1 saturated heterocycles. The summed E-state index contributed by atoms with van der Waals surface area (Å²) in [5.74, 6) is -0.480. The van der Waals surface area contributed by atoms with E-state index >= 15 is 0 Å². The van der Waals surface area contributed by atoms with E-state index in [9.17, 15) is 9.59 Å². The van der Waals surface area contributed by atoms with Crippen LogP contribution in [0.25, 0.3) is 0 Å². The van der Waals surface area contributed by atoms with Crippen molar-refractivity contribution in [3.05, 3.63) is 65.7 Å². The molecule has 144 valence electrons. The largest absolute Gasteiger partial charge is 0.387 e. The molecule has 1 unspecified atom stereocenters. The van der Waals surface area contributed by atoms with E-state index in [1.54, 1.807) is 29.2 Å². The molecular formula is C21H21N3O4. The first kappa shape index (κ1) is 18.2. The summed E-state index contributed by atoms with van der Waals surface area (Å²) in [5, 5.41) is 6.76. The molecule has 4 rings (SSSR count). The molecule has 0 bridgehead atoms. The molecule has 0 spiro atoms. The molecule has 7 heteroatoms. The number of hydrogen-bond donors (Lipinski definition) is 1. The van der Waals surface area contributed by atoms with Gasteiger partial charge < -0.3 is 19.8 Å². The number of oxime groups is 1. The summed E-state index contributed by atoms with van der Waals surface area (Å²) in [6.45, 7) is 2.13. The number of carbonyl (C=O) groups excluding carboxylic acids is 2. The molecule has 2 aromatic rings. The van der Waals surface area contributed by atoms with Crippen molar-refractivity contribution >= 4 is 23.2 Å². The van der Waals surface area contributed by atoms with Crippen molar-refractivity contribution in [2.75, 3.05) is 31.6 Å². The van der Waals surface area contributed by atoms with Crippen LogP contribution in [0.1, 0.15) is 28.4 Å². The molecule has 2 aromatic carbocycles. The molecule has 0 radical (unpaired) electrons. The lowest BCUT2D eigenvalue weighted by Gasteiger charge is -2.27. The predicted molar refractivity (Wildman–Crippen MR) is 104 cm³/mol. The smallest absolute Gasteiger partial charge is 0.273 e. The van der Waals surface area contributed by atoms with E-state index in [-0.39, 0.29) is 17.9 Å². The van der Waals surface area contributed by atoms with E-state index in [1.807, 2.05) is 30.3 Å². The normalized spacial score (nSPS) is 18.9. The molecule has 7 nitrogen and oxygen atoms in total. The first-order valence-electron chi connectivity index (χ1n) is 9.27. The van der Waals surface area contributed by atoms with E-state index in [2.05, 4.69) is 10.5 Å². The Bertz CT molecular complexity index is 892. The number of morpholine rings is 1. The van der Waals surface area contributed by atoms with Gasteiger partial charge in [-0.3, -0.25) is 9.59 Å². The number of amides is 2. The van der Waals surface area contributed by atoms with Crippen LogP contribution in [0.5, 0.6) is 0 Å². The number of hydrogen-bond acceptors (Lipinski definition) is 5. The number of para-hydroxylation sites is 1. The second kappa shape index (κ2) is 8.22. The average Bonchev–Trinajstić information content (AvgIpc) is 3.25. The van der Waals surface area contributed by atoms with Crippen LogP contribution in [0.15, 0.2) is 59.8 Å². The quantitative estimate of drug-likeness (QED) is 0.886. The Hall–Kier alpha value is -3.19. The summed E-state index contributed by atoms with van der Waals surface area (Å²) in [7, 11) is 0. The monoisotopic (exact) mass is 379 g/mol. The van der Waals surface area contributed by atoms with Gasteiger partial charge in [0.1, 0.15) is 5.71 Å². The molecule has 2 heterocycles. The number of ether oxygens (including phenoxy) is 1. The maximum atomic E-state index is 12.8. The fraction of sp³-hybridized carbons (Fsp3) is 0.286. The van der Waals surface area contributed by atoms with Crippen molar-refractivity contribution in [2.45, 2.75) is 12.5 Å². The van der Waals surface area contributed by atoms with Gasteiger partial charge in [-0.2, -0.15) is 0 Å². The maximum Gasteiger partial charge on any atom is 0.273 e. The summed E-state index contributed by atoms with van der Waals surface area (Å²) < 4.78 is 5.30. The molecule has 0 aliphatic carbocycles. The van der Waals surface area contributed by atoms with Crippen molar-refractivity contribution in [2.24, 2.45) is 5.16 Å². The van der Waals surface area contributed by atoms with E-state index < -0.39 is 0 Å². The minimum atomic E-state index is -0.361. The van der Waals surface area contributed by atoms with Crippen LogP contribution < -0.4 is 5.32 Å². The number of nitrogens with zero attached hydrogens (tertiary/aromatic N) is 2. The van der Waals surface area contributed by atoms with Gasteiger partial charge in [0, 0.05) is 19.5 Å². The molecule has 2 aliphatic rings. The molecule has 1 atom stereocenters. The number of benzene rings is 2. The second-order valence-corrected chi connectivity index (χ2v) is 6.65. The predicted octanol–water partition coefficient (Wildman–Crippen LogP) is 2.62. The van der Waals surface area contributed by atoms with Gasteiger partial charge in [-0.25, -0.2) is 0 Å². The van der Waals surface area contributed by atoms with Crippen molar-refractivity contribution in [3.63, 3.8) is 0 Å². The Kier molecular flexibility index (Phi) is 5.34. The molecular weight excluding hydrogens is 358 g/mol. The van der Waals surface area contributed by atoms with Crippen molar-refractivity contribution in [1.82, 2.24) is 4.90 Å². The Morgan fingerprint density at radius 1 is 1.00 bits per heavy atom. The minimum Gasteiger partial charge on any atom is -0.387 e. The summed E-state index contributed by atoms with van der Waals surface area (Å²) in [6, 6.07) is 16.7. The van der Waals surface area contributed by atoms with Crippen molar-refractivity contribution in [1.29, 1.82) is 0 Å². The number of anilines is 1. The van der Waals surface area contributed by atoms with Crippen molar-refractivity contribution in [3.8, 4) is 0 Å². The van der Waals surface area contributed by atoms with Crippen LogP contribution in [0.2, 0.25) is 0 Å². The summed E-state index contributed by atoms with van der Waals surface area (Å²) in [6.07, 6.45) is 0.113. The molecule has 1 N–H and O–H groups in total. The Morgan fingerprint density at radius 2 is 1.71 bits per heavy atom. The van der Waals surface area contributed by atoms with E-state index in [4.69, 9.17) is 9.57 Å². The first-order chi connectivity index (χ1) is 13.7. The third kappa shape index (κ3) is 3.89. The van der Waals surface area contributed by atoms with Gasteiger partial charge in [-0.05, 0) is 17.7 Å². The molecule has 2 amide bonds. The topological polar surface area (TPSA) is 80.2 Å². The number of rotatable bonds is 4. The average molecular weight is 379 g/mol. The Morgan fingerprint density at radius 3 is 2.50 bits per heavy atom. The zero-order chi connectivity index (χ0) is 19.3. The summed E-state index contributed by atoms with van der Waals surface area (Å²) >= 11 is 0. The van der Waals surface area contributed by atoms with Crippen LogP contribution >= 0.6 is 0 Å². The molecule has 2 aliphatic heterocycles. The molecule has 1 fully saturated rings. The highest BCUT2D eigenvalue weighted by molar-refractivity contribution is 6.43. The highest BCUT2D eigenvalue weighted by Gasteiger charge is 2.28. The summed E-state index contributed by atoms with van der Waals surface area (Å²) in [5.41, 5.74) is 2.20. The third-order valence-corrected chi connectivity index (χ3v) is 4.81. The first-order valence-corrected chi connectivity index (χ1v) is 9.27. The van der Waals surface area contributed by atoms with E-state index in [0.29, 0.717) is 49.7 Å². The van der Waals surface area contributed by atoms with E-state index in [0.717, 1.165) is 5.56 Å². The van der Waals surface area contributed by atoms with Crippen LogP contribution in [0.3, 0.4) is 0 Å². The standard InChI is InChI=1S/C21H21N3O4/c25-20(18-14-19(28-23-18)15-6-2-1-3-7-15)22-17-9-5-4-8-16(17)21(26)24-10-12-27-13-11-24/h1-9,19H,10-14H2,(H,22,25). The zero-order valence-electron chi connectivity index (χ0n) is 15.3. The minimum absolute atomic E-state index is 0.119. The fourth-order valence-corrected chi connectivity index (χ4v) is 3.27. The van der Waals surface area contributed by atoms with Gasteiger partial charge >= 0.3 is 0 Å². The maximum absolute atomic E-state index is 12.8. The van der Waals surface area contributed by atoms with Gasteiger partial charge in [-0.15, -0.1) is 0 Å². The highest BCUT2D eigenvalue weighted by Crippen LogP contribution is 2.27. The number of nitrogens with one attached hydrogen (secondary N) is 1. The third-order valence-electron chi connectivity index (χ3n) is 4.81. The van der Waals surface area contributed by atoms with Crippen LogP contribution in [-0.4, -0.2) is 48.7 Å². The van der Waals surface area contributed by atoms with Gasteiger partial charge in [-0.1, -0.05) is 47.6 Å².